The largest absolute Gasteiger partial charge is 0.417 e. The van der Waals surface area contributed by atoms with Crippen LogP contribution in [0.5, 0.6) is 0 Å². The number of hydrogen-bond acceptors (Lipinski definition) is 3. The summed E-state index contributed by atoms with van der Waals surface area (Å²) in [6.45, 7) is 3.79. The standard InChI is InChI=1S/C19H17NO3/c1-12-8-9-15-11-17(23-19(22)16(15)10-12)18(21)20-13(2)14-6-4-3-5-7-14/h3-11,13H,1-2H3,(H,20,21)/t13-/m0/s1. The number of amides is 1. The Bertz CT molecular complexity index is 913. The fourth-order valence-electron chi connectivity index (χ4n) is 2.50. The molecule has 0 aliphatic rings. The van der Waals surface area contributed by atoms with Crippen molar-refractivity contribution >= 4 is 16.7 Å². The van der Waals surface area contributed by atoms with Gasteiger partial charge >= 0.3 is 5.63 Å². The maximum absolute atomic E-state index is 12.3. The van der Waals surface area contributed by atoms with Crippen LogP contribution >= 0.6 is 0 Å². The monoisotopic (exact) mass is 307 g/mol. The molecular weight excluding hydrogens is 290 g/mol. The number of rotatable bonds is 3. The third-order valence-electron chi connectivity index (χ3n) is 3.79. The third kappa shape index (κ3) is 3.16. The molecular formula is C19H17NO3. The molecule has 4 nitrogen and oxygen atoms in total. The zero-order valence-corrected chi connectivity index (χ0v) is 13.0. The normalized spacial score (nSPS) is 12.1. The Labute approximate surface area is 133 Å². The number of benzene rings is 2. The highest BCUT2D eigenvalue weighted by Crippen LogP contribution is 2.16. The number of carbonyl (C=O) groups is 1. The van der Waals surface area contributed by atoms with Gasteiger partial charge in [0.1, 0.15) is 0 Å². The van der Waals surface area contributed by atoms with Crippen LogP contribution in [0.1, 0.15) is 34.6 Å². The third-order valence-corrected chi connectivity index (χ3v) is 3.79. The minimum absolute atomic E-state index is 0.0223. The second-order valence-electron chi connectivity index (χ2n) is 5.59. The lowest BCUT2D eigenvalue weighted by Crippen LogP contribution is -2.27. The van der Waals surface area contributed by atoms with Crippen molar-refractivity contribution < 1.29 is 9.21 Å². The quantitative estimate of drug-likeness (QED) is 0.804. The molecule has 0 bridgehead atoms. The van der Waals surface area contributed by atoms with Crippen LogP contribution in [0.4, 0.5) is 0 Å². The Kier molecular flexibility index (Phi) is 3.98. The molecule has 0 aliphatic carbocycles. The van der Waals surface area contributed by atoms with Crippen molar-refractivity contribution in [2.24, 2.45) is 0 Å². The Hall–Kier alpha value is -2.88. The minimum Gasteiger partial charge on any atom is -0.417 e. The topological polar surface area (TPSA) is 59.3 Å². The van der Waals surface area contributed by atoms with Crippen LogP contribution in [0.3, 0.4) is 0 Å². The van der Waals surface area contributed by atoms with E-state index in [0.717, 1.165) is 11.1 Å². The summed E-state index contributed by atoms with van der Waals surface area (Å²) >= 11 is 0. The molecule has 0 unspecified atom stereocenters. The lowest BCUT2D eigenvalue weighted by atomic mass is 10.1. The molecule has 0 saturated heterocycles. The number of hydrogen-bond donors (Lipinski definition) is 1. The van der Waals surface area contributed by atoms with Crippen LogP contribution in [0.25, 0.3) is 10.8 Å². The lowest BCUT2D eigenvalue weighted by Gasteiger charge is -2.13. The van der Waals surface area contributed by atoms with Gasteiger partial charge in [0.2, 0.25) is 0 Å². The first-order valence-corrected chi connectivity index (χ1v) is 7.45. The van der Waals surface area contributed by atoms with Crippen LogP contribution < -0.4 is 10.9 Å². The van der Waals surface area contributed by atoms with Gasteiger partial charge in [0.15, 0.2) is 5.76 Å². The van der Waals surface area contributed by atoms with E-state index >= 15 is 0 Å². The van der Waals surface area contributed by atoms with Gasteiger partial charge in [0, 0.05) is 0 Å². The van der Waals surface area contributed by atoms with Crippen molar-refractivity contribution in [3.63, 3.8) is 0 Å². The summed E-state index contributed by atoms with van der Waals surface area (Å²) in [6.07, 6.45) is 0. The van der Waals surface area contributed by atoms with Gasteiger partial charge in [-0.1, -0.05) is 48.0 Å². The highest BCUT2D eigenvalue weighted by atomic mass is 16.4. The smallest absolute Gasteiger partial charge is 0.344 e. The van der Waals surface area contributed by atoms with Gasteiger partial charge in [-0.3, -0.25) is 4.79 Å². The molecule has 4 heteroatoms. The molecule has 116 valence electrons. The summed E-state index contributed by atoms with van der Waals surface area (Å²) in [7, 11) is 0. The van der Waals surface area contributed by atoms with E-state index in [-0.39, 0.29) is 11.8 Å². The van der Waals surface area contributed by atoms with Gasteiger partial charge in [0.05, 0.1) is 11.4 Å². The molecule has 0 radical (unpaired) electrons. The van der Waals surface area contributed by atoms with E-state index in [0.29, 0.717) is 10.8 Å². The first kappa shape index (κ1) is 15.0. The second kappa shape index (κ2) is 6.08. The predicted octanol–water partition coefficient (Wildman–Crippen LogP) is 3.59. The van der Waals surface area contributed by atoms with Gasteiger partial charge in [-0.2, -0.15) is 0 Å². The van der Waals surface area contributed by atoms with E-state index < -0.39 is 11.5 Å². The average molecular weight is 307 g/mol. The van der Waals surface area contributed by atoms with E-state index in [1.54, 1.807) is 12.1 Å². The Morgan fingerprint density at radius 2 is 1.83 bits per heavy atom. The molecule has 1 atom stereocenters. The summed E-state index contributed by atoms with van der Waals surface area (Å²) in [5.41, 5.74) is 1.46. The SMILES string of the molecule is Cc1ccc2cc(C(=O)N[C@@H](C)c3ccccc3)oc(=O)c2c1. The Morgan fingerprint density at radius 1 is 1.09 bits per heavy atom. The van der Waals surface area contributed by atoms with Crippen molar-refractivity contribution in [2.75, 3.05) is 0 Å². The number of carbonyl (C=O) groups excluding carboxylic acids is 1. The number of nitrogens with one attached hydrogen (secondary N) is 1. The minimum atomic E-state index is -0.497. The summed E-state index contributed by atoms with van der Waals surface area (Å²) < 4.78 is 5.18. The van der Waals surface area contributed by atoms with Crippen LogP contribution in [0, 0.1) is 6.92 Å². The van der Waals surface area contributed by atoms with Gasteiger partial charge in [-0.25, -0.2) is 4.79 Å². The fraction of sp³-hybridized carbons (Fsp3) is 0.158. The van der Waals surface area contributed by atoms with E-state index in [9.17, 15) is 9.59 Å². The van der Waals surface area contributed by atoms with Crippen molar-refractivity contribution in [3.05, 3.63) is 81.9 Å². The Balaban J connectivity index is 1.89. The molecule has 0 spiro atoms. The van der Waals surface area contributed by atoms with E-state index in [2.05, 4.69) is 5.32 Å². The molecule has 0 aliphatic heterocycles. The molecule has 1 amide bonds. The van der Waals surface area contributed by atoms with Gasteiger partial charge in [-0.05, 0) is 36.9 Å². The van der Waals surface area contributed by atoms with E-state index in [1.807, 2.05) is 56.3 Å². The van der Waals surface area contributed by atoms with Gasteiger partial charge < -0.3 is 9.73 Å². The van der Waals surface area contributed by atoms with Crippen molar-refractivity contribution in [1.82, 2.24) is 5.32 Å². The molecule has 2 aromatic carbocycles. The summed E-state index contributed by atoms with van der Waals surface area (Å²) in [6, 6.07) is 16.5. The first-order valence-electron chi connectivity index (χ1n) is 7.45. The van der Waals surface area contributed by atoms with Crippen molar-refractivity contribution in [2.45, 2.75) is 19.9 Å². The molecule has 3 rings (SSSR count). The maximum atomic E-state index is 12.3. The zero-order chi connectivity index (χ0) is 16.4. The van der Waals surface area contributed by atoms with Gasteiger partial charge in [0.25, 0.3) is 5.91 Å². The van der Waals surface area contributed by atoms with Crippen LogP contribution in [0.15, 0.2) is 63.8 Å². The molecule has 0 saturated carbocycles. The van der Waals surface area contributed by atoms with Crippen molar-refractivity contribution in [3.8, 4) is 0 Å². The van der Waals surface area contributed by atoms with Crippen LogP contribution in [0.2, 0.25) is 0 Å². The average Bonchev–Trinajstić information content (AvgIpc) is 2.56. The van der Waals surface area contributed by atoms with Crippen LogP contribution in [-0.4, -0.2) is 5.91 Å². The highest BCUT2D eigenvalue weighted by molar-refractivity contribution is 5.95. The predicted molar refractivity (Wildman–Crippen MR) is 89.5 cm³/mol. The summed E-state index contributed by atoms with van der Waals surface area (Å²) in [5.74, 6) is -0.380. The molecule has 23 heavy (non-hydrogen) atoms. The summed E-state index contributed by atoms with van der Waals surface area (Å²) in [4.78, 5) is 24.4. The number of aryl methyl sites for hydroxylation is 1. The molecule has 0 fully saturated rings. The zero-order valence-electron chi connectivity index (χ0n) is 13.0. The molecule has 1 heterocycles. The second-order valence-corrected chi connectivity index (χ2v) is 5.59. The molecule has 1 aromatic heterocycles. The highest BCUT2D eigenvalue weighted by Gasteiger charge is 2.15. The van der Waals surface area contributed by atoms with E-state index in [1.165, 1.54) is 0 Å². The Morgan fingerprint density at radius 3 is 2.57 bits per heavy atom. The maximum Gasteiger partial charge on any atom is 0.344 e. The molecule has 1 N–H and O–H groups in total. The van der Waals surface area contributed by atoms with E-state index in [4.69, 9.17) is 4.42 Å². The van der Waals surface area contributed by atoms with Gasteiger partial charge in [-0.15, -0.1) is 0 Å². The fourth-order valence-corrected chi connectivity index (χ4v) is 2.50. The molecule has 3 aromatic rings. The lowest BCUT2D eigenvalue weighted by molar-refractivity contribution is 0.0908. The van der Waals surface area contributed by atoms with Crippen LogP contribution in [-0.2, 0) is 0 Å². The van der Waals surface area contributed by atoms with Crippen molar-refractivity contribution in [1.29, 1.82) is 0 Å². The summed E-state index contributed by atoms with van der Waals surface area (Å²) in [5, 5.41) is 4.03. The first-order chi connectivity index (χ1) is 11.0. The number of fused-ring (bicyclic) bond motifs is 1.